The van der Waals surface area contributed by atoms with Crippen LogP contribution >= 0.6 is 15.9 Å². The Hall–Kier alpha value is -2.20. The summed E-state index contributed by atoms with van der Waals surface area (Å²) in [5.41, 5.74) is -0.713. The number of rotatable bonds is 4. The number of nitrogens with zero attached hydrogens (tertiary/aromatic N) is 1. The third-order valence-electron chi connectivity index (χ3n) is 4.73. The van der Waals surface area contributed by atoms with Gasteiger partial charge in [-0.1, -0.05) is 0 Å². The van der Waals surface area contributed by atoms with Crippen molar-refractivity contribution in [3.8, 4) is 5.75 Å². The molecule has 2 aliphatic rings. The van der Waals surface area contributed by atoms with E-state index in [1.165, 1.54) is 0 Å². The predicted molar refractivity (Wildman–Crippen MR) is 96.3 cm³/mol. The van der Waals surface area contributed by atoms with E-state index in [-0.39, 0.29) is 39.9 Å². The average Bonchev–Trinajstić information content (AvgIpc) is 3.35. The molecule has 0 radical (unpaired) electrons. The fraction of sp³-hybridized carbons (Fsp3) is 0.235. The Morgan fingerprint density at radius 2 is 2.00 bits per heavy atom. The molecule has 0 spiro atoms. The van der Waals surface area contributed by atoms with Crippen molar-refractivity contribution in [3.05, 3.63) is 51.5 Å². The van der Waals surface area contributed by atoms with E-state index in [2.05, 4.69) is 15.9 Å². The van der Waals surface area contributed by atoms with Crippen molar-refractivity contribution in [3.63, 3.8) is 0 Å². The minimum absolute atomic E-state index is 0.0468. The summed E-state index contributed by atoms with van der Waals surface area (Å²) in [6, 6.07) is 4.09. The molecular weight excluding hydrogens is 448 g/mol. The van der Waals surface area contributed by atoms with Crippen molar-refractivity contribution < 1.29 is 31.8 Å². The topological polar surface area (TPSA) is 83.9 Å². The predicted octanol–water partition coefficient (Wildman–Crippen LogP) is 3.59. The molecule has 0 aromatic heterocycles. The number of benzene rings is 2. The highest BCUT2D eigenvalue weighted by Crippen LogP contribution is 2.57. The number of ether oxygens (including phenoxy) is 1. The standard InChI is InChI=1S/C17H12BrF2NO5S/c18-10-4-8(19)1-2-12(10)21(27(24)25)13-5-11(20)14-9-3-7(9)6-26-16(14)15(13)17(22)23/h1-2,4-5,7,9,27H,3,6H2,(H,22,23). The molecule has 2 atom stereocenters. The Balaban J connectivity index is 1.98. The quantitative estimate of drug-likeness (QED) is 0.682. The van der Waals surface area contributed by atoms with E-state index in [0.717, 1.165) is 24.3 Å². The molecule has 1 aliphatic carbocycles. The molecule has 6 nitrogen and oxygen atoms in total. The molecular formula is C17H12BrF2NO5S. The lowest BCUT2D eigenvalue weighted by molar-refractivity contribution is 0.0692. The first kappa shape index (κ1) is 18.2. The zero-order valence-corrected chi connectivity index (χ0v) is 16.0. The van der Waals surface area contributed by atoms with Crippen LogP contribution in [0.15, 0.2) is 28.7 Å². The Kier molecular flexibility index (Phi) is 4.34. The average molecular weight is 460 g/mol. The summed E-state index contributed by atoms with van der Waals surface area (Å²) in [4.78, 5) is 11.9. The summed E-state index contributed by atoms with van der Waals surface area (Å²) in [6.45, 7) is 0.255. The number of hydrogen-bond acceptors (Lipinski definition) is 4. The van der Waals surface area contributed by atoms with Gasteiger partial charge >= 0.3 is 5.97 Å². The van der Waals surface area contributed by atoms with Crippen LogP contribution in [0.3, 0.4) is 0 Å². The third-order valence-corrected chi connectivity index (χ3v) is 6.12. The Labute approximate surface area is 162 Å². The molecule has 0 amide bonds. The van der Waals surface area contributed by atoms with E-state index in [0.29, 0.717) is 10.7 Å². The normalized spacial score (nSPS) is 19.9. The van der Waals surface area contributed by atoms with Crippen LogP contribution in [0.25, 0.3) is 0 Å². The molecule has 0 saturated heterocycles. The largest absolute Gasteiger partial charge is 0.492 e. The Bertz CT molecular complexity index is 1050. The summed E-state index contributed by atoms with van der Waals surface area (Å²) in [5.74, 6) is -2.90. The SMILES string of the molecule is O=C(O)c1c(N(c2ccc(F)cc2Br)[SH](=O)=O)cc(F)c2c1OCC1CC21. The van der Waals surface area contributed by atoms with Crippen molar-refractivity contribution in [1.82, 2.24) is 0 Å². The monoisotopic (exact) mass is 459 g/mol. The highest BCUT2D eigenvalue weighted by Gasteiger charge is 2.47. The lowest BCUT2D eigenvalue weighted by Crippen LogP contribution is -2.22. The van der Waals surface area contributed by atoms with Gasteiger partial charge in [0.2, 0.25) is 10.9 Å². The lowest BCUT2D eigenvalue weighted by Gasteiger charge is -2.26. The van der Waals surface area contributed by atoms with Crippen molar-refractivity contribution in [2.75, 3.05) is 10.9 Å². The van der Waals surface area contributed by atoms with Gasteiger partial charge in [-0.25, -0.2) is 26.3 Å². The van der Waals surface area contributed by atoms with Crippen LogP contribution in [0.5, 0.6) is 5.75 Å². The number of carboxylic acids is 1. The van der Waals surface area contributed by atoms with Gasteiger partial charge in [-0.2, -0.15) is 0 Å². The number of thiol groups is 1. The van der Waals surface area contributed by atoms with Gasteiger partial charge in [-0.05, 0) is 46.5 Å². The second-order valence-electron chi connectivity index (χ2n) is 6.36. The Morgan fingerprint density at radius 1 is 1.26 bits per heavy atom. The van der Waals surface area contributed by atoms with E-state index < -0.39 is 39.7 Å². The maximum Gasteiger partial charge on any atom is 0.341 e. The van der Waals surface area contributed by atoms with Crippen LogP contribution in [-0.4, -0.2) is 26.1 Å². The molecule has 1 fully saturated rings. The van der Waals surface area contributed by atoms with Gasteiger partial charge in [-0.15, -0.1) is 0 Å². The number of aromatic carboxylic acids is 1. The number of anilines is 2. The maximum atomic E-state index is 14.8. The molecule has 27 heavy (non-hydrogen) atoms. The molecule has 2 unspecified atom stereocenters. The highest BCUT2D eigenvalue weighted by molar-refractivity contribution is 9.10. The first-order valence-corrected chi connectivity index (χ1v) is 9.84. The van der Waals surface area contributed by atoms with Crippen LogP contribution in [0.2, 0.25) is 0 Å². The van der Waals surface area contributed by atoms with Crippen LogP contribution < -0.4 is 9.04 Å². The van der Waals surface area contributed by atoms with Gasteiger partial charge in [0.25, 0.3) is 0 Å². The van der Waals surface area contributed by atoms with Crippen LogP contribution in [0, 0.1) is 17.6 Å². The number of halogens is 3. The van der Waals surface area contributed by atoms with Crippen molar-refractivity contribution in [2.24, 2.45) is 5.92 Å². The molecule has 1 N–H and O–H groups in total. The van der Waals surface area contributed by atoms with Gasteiger partial charge in [0.05, 0.1) is 18.0 Å². The fourth-order valence-corrected chi connectivity index (χ4v) is 4.78. The van der Waals surface area contributed by atoms with E-state index in [9.17, 15) is 27.1 Å². The molecule has 1 saturated carbocycles. The summed E-state index contributed by atoms with van der Waals surface area (Å²) < 4.78 is 58.3. The first-order valence-electron chi connectivity index (χ1n) is 7.91. The van der Waals surface area contributed by atoms with Gasteiger partial charge in [0, 0.05) is 22.0 Å². The molecule has 1 heterocycles. The molecule has 10 heteroatoms. The summed E-state index contributed by atoms with van der Waals surface area (Å²) >= 11 is 3.06. The zero-order chi connectivity index (χ0) is 19.5. The second-order valence-corrected chi connectivity index (χ2v) is 8.09. The second kappa shape index (κ2) is 6.45. The Morgan fingerprint density at radius 3 is 2.63 bits per heavy atom. The minimum Gasteiger partial charge on any atom is -0.492 e. The van der Waals surface area contributed by atoms with E-state index >= 15 is 0 Å². The number of fused-ring (bicyclic) bond motifs is 3. The maximum absolute atomic E-state index is 14.8. The van der Waals surface area contributed by atoms with Crippen LogP contribution in [0.4, 0.5) is 20.2 Å². The highest BCUT2D eigenvalue weighted by atomic mass is 79.9. The zero-order valence-electron chi connectivity index (χ0n) is 13.5. The number of carbonyl (C=O) groups is 1. The van der Waals surface area contributed by atoms with Crippen LogP contribution in [-0.2, 0) is 10.9 Å². The molecule has 4 rings (SSSR count). The van der Waals surface area contributed by atoms with E-state index in [1.807, 2.05) is 0 Å². The van der Waals surface area contributed by atoms with Gasteiger partial charge in [0.15, 0.2) is 0 Å². The molecule has 1 aliphatic heterocycles. The lowest BCUT2D eigenvalue weighted by atomic mass is 9.99. The van der Waals surface area contributed by atoms with Gasteiger partial charge < -0.3 is 9.84 Å². The van der Waals surface area contributed by atoms with E-state index in [4.69, 9.17) is 4.74 Å². The summed E-state index contributed by atoms with van der Waals surface area (Å²) in [5, 5.41) is 9.71. The molecule has 142 valence electrons. The van der Waals surface area contributed by atoms with Crippen molar-refractivity contribution in [2.45, 2.75) is 12.3 Å². The third kappa shape index (κ3) is 2.96. The van der Waals surface area contributed by atoms with Crippen LogP contribution in [0.1, 0.15) is 28.3 Å². The smallest absolute Gasteiger partial charge is 0.341 e. The van der Waals surface area contributed by atoms with Gasteiger partial charge in [0.1, 0.15) is 22.9 Å². The molecule has 2 aromatic rings. The summed E-state index contributed by atoms with van der Waals surface area (Å²) in [7, 11) is -3.41. The summed E-state index contributed by atoms with van der Waals surface area (Å²) in [6.07, 6.45) is 0.700. The fourth-order valence-electron chi connectivity index (χ4n) is 3.43. The number of carboxylic acid groups (broad SMARTS) is 1. The van der Waals surface area contributed by atoms with E-state index in [1.54, 1.807) is 0 Å². The number of hydrogen-bond donors (Lipinski definition) is 2. The molecule has 2 aromatic carbocycles. The minimum atomic E-state index is -3.41. The van der Waals surface area contributed by atoms with Crippen molar-refractivity contribution in [1.29, 1.82) is 0 Å². The van der Waals surface area contributed by atoms with Crippen molar-refractivity contribution >= 4 is 44.2 Å². The molecule has 0 bridgehead atoms. The van der Waals surface area contributed by atoms with Gasteiger partial charge in [-0.3, -0.25) is 0 Å². The first-order chi connectivity index (χ1) is 12.8.